The van der Waals surface area contributed by atoms with Crippen LogP contribution in [0.1, 0.15) is 16.8 Å². The SMILES string of the molecule is Cc1nn(C)cc1CNCc1ccc(F)cc1Br. The lowest BCUT2D eigenvalue weighted by Crippen LogP contribution is -2.13. The summed E-state index contributed by atoms with van der Waals surface area (Å²) in [4.78, 5) is 0. The Balaban J connectivity index is 1.94. The van der Waals surface area contributed by atoms with Gasteiger partial charge < -0.3 is 5.32 Å². The molecule has 0 saturated carbocycles. The van der Waals surface area contributed by atoms with Gasteiger partial charge in [0.05, 0.1) is 5.69 Å². The van der Waals surface area contributed by atoms with E-state index in [1.807, 2.05) is 20.2 Å². The van der Waals surface area contributed by atoms with Crippen LogP contribution in [0.3, 0.4) is 0 Å². The number of aryl methyl sites for hydroxylation is 2. The van der Waals surface area contributed by atoms with Crippen LogP contribution in [0.15, 0.2) is 28.9 Å². The van der Waals surface area contributed by atoms with Gasteiger partial charge in [0.2, 0.25) is 0 Å². The van der Waals surface area contributed by atoms with Crippen molar-refractivity contribution in [2.24, 2.45) is 7.05 Å². The van der Waals surface area contributed by atoms with E-state index in [0.717, 1.165) is 22.3 Å². The quantitative estimate of drug-likeness (QED) is 0.941. The lowest BCUT2D eigenvalue weighted by molar-refractivity contribution is 0.623. The molecule has 2 aromatic rings. The minimum atomic E-state index is -0.228. The smallest absolute Gasteiger partial charge is 0.124 e. The number of hydrogen-bond donors (Lipinski definition) is 1. The molecule has 0 fully saturated rings. The predicted octanol–water partition coefficient (Wildman–Crippen LogP) is 2.92. The molecule has 18 heavy (non-hydrogen) atoms. The lowest BCUT2D eigenvalue weighted by Gasteiger charge is -2.06. The highest BCUT2D eigenvalue weighted by atomic mass is 79.9. The van der Waals surface area contributed by atoms with Gasteiger partial charge in [0.1, 0.15) is 5.82 Å². The van der Waals surface area contributed by atoms with Crippen molar-refractivity contribution in [1.82, 2.24) is 15.1 Å². The van der Waals surface area contributed by atoms with E-state index in [0.29, 0.717) is 6.54 Å². The lowest BCUT2D eigenvalue weighted by atomic mass is 10.2. The second kappa shape index (κ2) is 5.63. The summed E-state index contributed by atoms with van der Waals surface area (Å²) in [6, 6.07) is 4.73. The van der Waals surface area contributed by atoms with Gasteiger partial charge >= 0.3 is 0 Å². The summed E-state index contributed by atoms with van der Waals surface area (Å²) >= 11 is 3.36. The topological polar surface area (TPSA) is 29.9 Å². The summed E-state index contributed by atoms with van der Waals surface area (Å²) in [5.41, 5.74) is 3.25. The molecule has 0 aliphatic carbocycles. The largest absolute Gasteiger partial charge is 0.308 e. The predicted molar refractivity (Wildman–Crippen MR) is 72.6 cm³/mol. The fourth-order valence-electron chi connectivity index (χ4n) is 1.82. The van der Waals surface area contributed by atoms with Gasteiger partial charge in [-0.05, 0) is 24.6 Å². The summed E-state index contributed by atoms with van der Waals surface area (Å²) in [5.74, 6) is -0.228. The molecule has 0 amide bonds. The second-order valence-corrected chi connectivity index (χ2v) is 5.11. The molecule has 5 heteroatoms. The fourth-order valence-corrected chi connectivity index (χ4v) is 2.31. The van der Waals surface area contributed by atoms with Crippen LogP contribution >= 0.6 is 15.9 Å². The van der Waals surface area contributed by atoms with Crippen molar-refractivity contribution in [2.45, 2.75) is 20.0 Å². The Kier molecular flexibility index (Phi) is 4.14. The number of halogens is 2. The number of rotatable bonds is 4. The van der Waals surface area contributed by atoms with E-state index in [9.17, 15) is 4.39 Å². The van der Waals surface area contributed by atoms with Crippen LogP contribution in [-0.4, -0.2) is 9.78 Å². The minimum absolute atomic E-state index is 0.228. The van der Waals surface area contributed by atoms with E-state index < -0.39 is 0 Å². The van der Waals surface area contributed by atoms with Crippen LogP contribution < -0.4 is 5.32 Å². The maximum atomic E-state index is 12.9. The highest BCUT2D eigenvalue weighted by Gasteiger charge is 2.04. The third-order valence-corrected chi connectivity index (χ3v) is 3.50. The first-order valence-corrected chi connectivity index (χ1v) is 6.49. The maximum Gasteiger partial charge on any atom is 0.124 e. The molecule has 96 valence electrons. The monoisotopic (exact) mass is 311 g/mol. The molecule has 0 spiro atoms. The number of nitrogens with one attached hydrogen (secondary N) is 1. The first kappa shape index (κ1) is 13.2. The molecule has 3 nitrogen and oxygen atoms in total. The zero-order valence-electron chi connectivity index (χ0n) is 10.4. The van der Waals surface area contributed by atoms with Gasteiger partial charge in [-0.3, -0.25) is 4.68 Å². The highest BCUT2D eigenvalue weighted by Crippen LogP contribution is 2.18. The molecule has 2 rings (SSSR count). The summed E-state index contributed by atoms with van der Waals surface area (Å²) < 4.78 is 15.5. The summed E-state index contributed by atoms with van der Waals surface area (Å²) in [6.45, 7) is 3.43. The van der Waals surface area contributed by atoms with E-state index in [1.54, 1.807) is 10.7 Å². The molecular weight excluding hydrogens is 297 g/mol. The highest BCUT2D eigenvalue weighted by molar-refractivity contribution is 9.10. The van der Waals surface area contributed by atoms with Crippen molar-refractivity contribution in [2.75, 3.05) is 0 Å². The Morgan fingerprint density at radius 1 is 1.33 bits per heavy atom. The third kappa shape index (κ3) is 3.17. The number of nitrogens with zero attached hydrogens (tertiary/aromatic N) is 2. The Labute approximate surface area is 114 Å². The second-order valence-electron chi connectivity index (χ2n) is 4.25. The summed E-state index contributed by atoms with van der Waals surface area (Å²) in [6.07, 6.45) is 2.00. The average molecular weight is 312 g/mol. The zero-order valence-corrected chi connectivity index (χ0v) is 12.0. The van der Waals surface area contributed by atoms with Crippen molar-refractivity contribution < 1.29 is 4.39 Å². The standard InChI is InChI=1S/C13H15BrFN3/c1-9-11(8-18(2)17-9)7-16-6-10-3-4-12(15)5-13(10)14/h3-5,8,16H,6-7H2,1-2H3. The minimum Gasteiger partial charge on any atom is -0.308 e. The van der Waals surface area contributed by atoms with Crippen molar-refractivity contribution in [3.8, 4) is 0 Å². The summed E-state index contributed by atoms with van der Waals surface area (Å²) in [7, 11) is 1.91. The van der Waals surface area contributed by atoms with Crippen LogP contribution in [0, 0.1) is 12.7 Å². The van der Waals surface area contributed by atoms with E-state index in [2.05, 4.69) is 26.3 Å². The molecule has 0 unspecified atom stereocenters. The van der Waals surface area contributed by atoms with Crippen LogP contribution in [0.2, 0.25) is 0 Å². The molecule has 1 N–H and O–H groups in total. The van der Waals surface area contributed by atoms with E-state index in [1.165, 1.54) is 17.7 Å². The van der Waals surface area contributed by atoms with Crippen LogP contribution in [0.4, 0.5) is 4.39 Å². The molecule has 0 aliphatic rings. The molecule has 1 heterocycles. The van der Waals surface area contributed by atoms with Gasteiger partial charge in [0.25, 0.3) is 0 Å². The number of aromatic nitrogens is 2. The first-order chi connectivity index (χ1) is 8.56. The van der Waals surface area contributed by atoms with Crippen molar-refractivity contribution >= 4 is 15.9 Å². The van der Waals surface area contributed by atoms with Crippen molar-refractivity contribution in [3.63, 3.8) is 0 Å². The number of hydrogen-bond acceptors (Lipinski definition) is 2. The van der Waals surface area contributed by atoms with Gasteiger partial charge in [-0.25, -0.2) is 4.39 Å². The van der Waals surface area contributed by atoms with Crippen LogP contribution in [0.25, 0.3) is 0 Å². The molecule has 1 aromatic heterocycles. The Bertz CT molecular complexity index is 551. The molecule has 0 radical (unpaired) electrons. The van der Waals surface area contributed by atoms with Crippen molar-refractivity contribution in [1.29, 1.82) is 0 Å². The van der Waals surface area contributed by atoms with Gasteiger partial charge in [-0.15, -0.1) is 0 Å². The van der Waals surface area contributed by atoms with Crippen LogP contribution in [0.5, 0.6) is 0 Å². The normalized spacial score (nSPS) is 10.9. The van der Waals surface area contributed by atoms with Crippen LogP contribution in [-0.2, 0) is 20.1 Å². The first-order valence-electron chi connectivity index (χ1n) is 5.70. The van der Waals surface area contributed by atoms with Gasteiger partial charge in [0, 0.05) is 36.4 Å². The molecule has 0 bridgehead atoms. The summed E-state index contributed by atoms with van der Waals surface area (Å²) in [5, 5.41) is 7.61. The molecule has 0 saturated heterocycles. The Morgan fingerprint density at radius 3 is 2.67 bits per heavy atom. The average Bonchev–Trinajstić information content (AvgIpc) is 2.61. The van der Waals surface area contributed by atoms with E-state index >= 15 is 0 Å². The fraction of sp³-hybridized carbons (Fsp3) is 0.308. The molecule has 1 aromatic carbocycles. The van der Waals surface area contributed by atoms with Gasteiger partial charge in [-0.1, -0.05) is 22.0 Å². The molecule has 0 aliphatic heterocycles. The Morgan fingerprint density at radius 2 is 2.06 bits per heavy atom. The van der Waals surface area contributed by atoms with E-state index in [-0.39, 0.29) is 5.82 Å². The zero-order chi connectivity index (χ0) is 13.1. The third-order valence-electron chi connectivity index (χ3n) is 2.76. The van der Waals surface area contributed by atoms with Gasteiger partial charge in [0.15, 0.2) is 0 Å². The maximum absolute atomic E-state index is 12.9. The van der Waals surface area contributed by atoms with Crippen molar-refractivity contribution in [3.05, 3.63) is 51.5 Å². The van der Waals surface area contributed by atoms with E-state index in [4.69, 9.17) is 0 Å². The molecule has 0 atom stereocenters. The number of benzene rings is 1. The Hall–Kier alpha value is -1.20. The molecular formula is C13H15BrFN3. The van der Waals surface area contributed by atoms with Gasteiger partial charge in [-0.2, -0.15) is 5.10 Å².